The molecule has 1 aromatic heterocycles. The summed E-state index contributed by atoms with van der Waals surface area (Å²) in [5.41, 5.74) is 3.52. The Morgan fingerprint density at radius 2 is 1.90 bits per heavy atom. The fourth-order valence-corrected chi connectivity index (χ4v) is 2.65. The van der Waals surface area contributed by atoms with E-state index in [1.165, 1.54) is 12.1 Å². The molecule has 0 bridgehead atoms. The van der Waals surface area contributed by atoms with Crippen LogP contribution in [-0.2, 0) is 0 Å². The lowest BCUT2D eigenvalue weighted by Gasteiger charge is -2.18. The Bertz CT molecular complexity index is 832. The number of para-hydroxylation sites is 2. The van der Waals surface area contributed by atoms with Gasteiger partial charge >= 0.3 is 0 Å². The van der Waals surface area contributed by atoms with Gasteiger partial charge in [0.25, 0.3) is 0 Å². The molecular weight excluding hydrogens is 273 g/mol. The van der Waals surface area contributed by atoms with E-state index in [0.717, 1.165) is 22.4 Å². The monoisotopic (exact) mass is 287 g/mol. The lowest BCUT2D eigenvalue weighted by molar-refractivity contribution is 0.629. The standard InChI is InChI=1S/C15H14FN3S/c1-18(2)12-5-3-4-6-13(12)19-14-9-10(16)7-8-11(14)17-15(19)20/h3-9H,1-2H3,(H,17,20). The molecule has 0 amide bonds. The zero-order chi connectivity index (χ0) is 14.3. The Morgan fingerprint density at radius 1 is 1.15 bits per heavy atom. The normalized spacial score (nSPS) is 10.9. The number of nitrogens with one attached hydrogen (secondary N) is 1. The van der Waals surface area contributed by atoms with Crippen LogP contribution in [-0.4, -0.2) is 23.6 Å². The van der Waals surface area contributed by atoms with Crippen molar-refractivity contribution in [1.82, 2.24) is 9.55 Å². The van der Waals surface area contributed by atoms with Gasteiger partial charge in [0.2, 0.25) is 0 Å². The molecule has 0 saturated carbocycles. The summed E-state index contributed by atoms with van der Waals surface area (Å²) in [6, 6.07) is 12.5. The van der Waals surface area contributed by atoms with Crippen molar-refractivity contribution in [2.24, 2.45) is 0 Å². The van der Waals surface area contributed by atoms with Gasteiger partial charge in [-0.3, -0.25) is 4.57 Å². The Labute approximate surface area is 121 Å². The SMILES string of the molecule is CN(C)c1ccccc1-n1c(=S)[nH]c2ccc(F)cc21. The van der Waals surface area contributed by atoms with Crippen LogP contribution >= 0.6 is 12.2 Å². The van der Waals surface area contributed by atoms with Crippen LogP contribution in [0.15, 0.2) is 42.5 Å². The average Bonchev–Trinajstić information content (AvgIpc) is 2.74. The van der Waals surface area contributed by atoms with Gasteiger partial charge in [0.05, 0.1) is 22.4 Å². The molecule has 1 N–H and O–H groups in total. The van der Waals surface area contributed by atoms with Gasteiger partial charge in [0.1, 0.15) is 5.82 Å². The Balaban J connectivity index is 2.38. The van der Waals surface area contributed by atoms with E-state index >= 15 is 0 Å². The van der Waals surface area contributed by atoms with E-state index in [0.29, 0.717) is 4.77 Å². The first kappa shape index (κ1) is 12.9. The van der Waals surface area contributed by atoms with Crippen molar-refractivity contribution in [2.45, 2.75) is 0 Å². The third-order valence-corrected chi connectivity index (χ3v) is 3.53. The highest BCUT2D eigenvalue weighted by Crippen LogP contribution is 2.27. The molecule has 0 spiro atoms. The molecule has 0 aliphatic heterocycles. The van der Waals surface area contributed by atoms with E-state index < -0.39 is 0 Å². The minimum Gasteiger partial charge on any atom is -0.376 e. The highest BCUT2D eigenvalue weighted by Gasteiger charge is 2.11. The van der Waals surface area contributed by atoms with Gasteiger partial charge in [-0.1, -0.05) is 12.1 Å². The molecule has 102 valence electrons. The number of fused-ring (bicyclic) bond motifs is 1. The van der Waals surface area contributed by atoms with Gasteiger partial charge in [0.15, 0.2) is 4.77 Å². The lowest BCUT2D eigenvalue weighted by atomic mass is 10.2. The van der Waals surface area contributed by atoms with E-state index in [-0.39, 0.29) is 5.82 Å². The second kappa shape index (κ2) is 4.76. The zero-order valence-corrected chi connectivity index (χ0v) is 12.0. The topological polar surface area (TPSA) is 24.0 Å². The summed E-state index contributed by atoms with van der Waals surface area (Å²) < 4.78 is 15.9. The summed E-state index contributed by atoms with van der Waals surface area (Å²) in [7, 11) is 3.94. The summed E-state index contributed by atoms with van der Waals surface area (Å²) in [4.78, 5) is 5.12. The molecule has 0 aliphatic carbocycles. The van der Waals surface area contributed by atoms with Crippen molar-refractivity contribution >= 4 is 28.9 Å². The van der Waals surface area contributed by atoms with Crippen molar-refractivity contribution in [3.8, 4) is 5.69 Å². The molecule has 0 aliphatic rings. The first-order chi connectivity index (χ1) is 9.58. The molecule has 2 aromatic carbocycles. The van der Waals surface area contributed by atoms with Gasteiger partial charge in [-0.15, -0.1) is 0 Å². The molecule has 20 heavy (non-hydrogen) atoms. The molecule has 0 unspecified atom stereocenters. The largest absolute Gasteiger partial charge is 0.376 e. The van der Waals surface area contributed by atoms with Gasteiger partial charge in [0, 0.05) is 20.2 Å². The number of aromatic nitrogens is 2. The molecule has 3 nitrogen and oxygen atoms in total. The van der Waals surface area contributed by atoms with E-state index in [2.05, 4.69) is 4.98 Å². The third kappa shape index (κ3) is 2.00. The maximum Gasteiger partial charge on any atom is 0.182 e. The molecule has 0 atom stereocenters. The van der Waals surface area contributed by atoms with Gasteiger partial charge in [-0.25, -0.2) is 4.39 Å². The van der Waals surface area contributed by atoms with Crippen LogP contribution in [0.1, 0.15) is 0 Å². The summed E-state index contributed by atoms with van der Waals surface area (Å²) in [5, 5.41) is 0. The fraction of sp³-hybridized carbons (Fsp3) is 0.133. The quantitative estimate of drug-likeness (QED) is 0.723. The number of H-pyrrole nitrogens is 1. The lowest BCUT2D eigenvalue weighted by Crippen LogP contribution is -2.12. The van der Waals surface area contributed by atoms with Crippen molar-refractivity contribution < 1.29 is 4.39 Å². The van der Waals surface area contributed by atoms with Crippen molar-refractivity contribution in [3.05, 3.63) is 53.1 Å². The van der Waals surface area contributed by atoms with Crippen molar-refractivity contribution in [3.63, 3.8) is 0 Å². The summed E-state index contributed by atoms with van der Waals surface area (Å²) in [6.07, 6.45) is 0. The van der Waals surface area contributed by atoms with E-state index in [1.54, 1.807) is 6.07 Å². The predicted octanol–water partition coefficient (Wildman–Crippen LogP) is 3.89. The molecule has 3 aromatic rings. The summed E-state index contributed by atoms with van der Waals surface area (Å²) in [5.74, 6) is -0.275. The minimum atomic E-state index is -0.275. The highest BCUT2D eigenvalue weighted by atomic mass is 32.1. The molecular formula is C15H14FN3S. The second-order valence-electron chi connectivity index (χ2n) is 4.81. The summed E-state index contributed by atoms with van der Waals surface area (Å²) >= 11 is 5.39. The van der Waals surface area contributed by atoms with E-state index in [9.17, 15) is 4.39 Å². The maximum absolute atomic E-state index is 13.5. The molecule has 1 heterocycles. The Kier molecular flexibility index (Phi) is 3.06. The van der Waals surface area contributed by atoms with Crippen LogP contribution in [0, 0.1) is 10.6 Å². The van der Waals surface area contributed by atoms with Crippen LogP contribution in [0.2, 0.25) is 0 Å². The Hall–Kier alpha value is -2.14. The second-order valence-corrected chi connectivity index (χ2v) is 5.20. The average molecular weight is 287 g/mol. The van der Waals surface area contributed by atoms with E-state index in [4.69, 9.17) is 12.2 Å². The number of benzene rings is 2. The smallest absolute Gasteiger partial charge is 0.182 e. The summed E-state index contributed by atoms with van der Waals surface area (Å²) in [6.45, 7) is 0. The van der Waals surface area contributed by atoms with Crippen molar-refractivity contribution in [1.29, 1.82) is 0 Å². The number of hydrogen-bond acceptors (Lipinski definition) is 2. The third-order valence-electron chi connectivity index (χ3n) is 3.25. The van der Waals surface area contributed by atoms with Crippen LogP contribution in [0.5, 0.6) is 0 Å². The number of imidazole rings is 1. The molecule has 0 fully saturated rings. The first-order valence-corrected chi connectivity index (χ1v) is 6.66. The van der Waals surface area contributed by atoms with Gasteiger partial charge < -0.3 is 9.88 Å². The molecule has 5 heteroatoms. The van der Waals surface area contributed by atoms with Gasteiger partial charge in [-0.2, -0.15) is 0 Å². The van der Waals surface area contributed by atoms with Gasteiger partial charge in [-0.05, 0) is 36.5 Å². The fourth-order valence-electron chi connectivity index (χ4n) is 2.35. The highest BCUT2D eigenvalue weighted by molar-refractivity contribution is 7.71. The first-order valence-electron chi connectivity index (χ1n) is 6.25. The van der Waals surface area contributed by atoms with Crippen LogP contribution in [0.4, 0.5) is 10.1 Å². The molecule has 0 radical (unpaired) electrons. The maximum atomic E-state index is 13.5. The number of rotatable bonds is 2. The zero-order valence-electron chi connectivity index (χ0n) is 11.2. The minimum absolute atomic E-state index is 0.275. The van der Waals surface area contributed by atoms with Crippen LogP contribution in [0.3, 0.4) is 0 Å². The van der Waals surface area contributed by atoms with Crippen LogP contribution < -0.4 is 4.90 Å². The number of halogens is 1. The van der Waals surface area contributed by atoms with E-state index in [1.807, 2.05) is 47.8 Å². The van der Waals surface area contributed by atoms with Crippen molar-refractivity contribution in [2.75, 3.05) is 19.0 Å². The predicted molar refractivity (Wildman–Crippen MR) is 82.7 cm³/mol. The number of hydrogen-bond donors (Lipinski definition) is 1. The number of nitrogens with zero attached hydrogens (tertiary/aromatic N) is 2. The number of anilines is 1. The molecule has 0 saturated heterocycles. The number of aromatic amines is 1. The molecule has 3 rings (SSSR count). The Morgan fingerprint density at radius 3 is 2.65 bits per heavy atom. The van der Waals surface area contributed by atoms with Crippen LogP contribution in [0.25, 0.3) is 16.7 Å².